The van der Waals surface area contributed by atoms with Gasteiger partial charge >= 0.3 is 5.69 Å². The van der Waals surface area contributed by atoms with Gasteiger partial charge in [0.1, 0.15) is 0 Å². The van der Waals surface area contributed by atoms with Crippen LogP contribution in [0.5, 0.6) is 0 Å². The maximum Gasteiger partial charge on any atom is 0.345 e. The Labute approximate surface area is 93.2 Å². The molecule has 0 aliphatic rings. The zero-order valence-electron chi connectivity index (χ0n) is 9.16. The summed E-state index contributed by atoms with van der Waals surface area (Å²) in [5.41, 5.74) is -0.238. The second-order valence-corrected chi connectivity index (χ2v) is 4.20. The normalized spacial score (nSPS) is 12.8. The van der Waals surface area contributed by atoms with Crippen molar-refractivity contribution in [3.05, 3.63) is 32.6 Å². The van der Waals surface area contributed by atoms with Crippen LogP contribution in [0.1, 0.15) is 25.8 Å². The van der Waals surface area contributed by atoms with E-state index in [1.54, 1.807) is 6.92 Å². The lowest BCUT2D eigenvalue weighted by molar-refractivity contribution is 0.443. The fourth-order valence-corrected chi connectivity index (χ4v) is 1.53. The highest BCUT2D eigenvalue weighted by Crippen LogP contribution is 2.01. The standard InChI is InChI=1S/C10H15ClN2O2/c1-4-7(2)5-12-9(14)8(3)6-13(11)10(12)15/h6-7H,4-5H2,1-3H3. The first kappa shape index (κ1) is 12.0. The molecule has 1 aromatic rings. The maximum absolute atomic E-state index is 11.7. The van der Waals surface area contributed by atoms with Gasteiger partial charge in [0.2, 0.25) is 0 Å². The molecular weight excluding hydrogens is 216 g/mol. The van der Waals surface area contributed by atoms with Gasteiger partial charge in [-0.05, 0) is 12.8 Å². The molecule has 1 atom stereocenters. The van der Waals surface area contributed by atoms with Crippen LogP contribution in [0.2, 0.25) is 0 Å². The van der Waals surface area contributed by atoms with E-state index >= 15 is 0 Å². The lowest BCUT2D eigenvalue weighted by Crippen LogP contribution is -2.39. The van der Waals surface area contributed by atoms with E-state index in [1.807, 2.05) is 13.8 Å². The van der Waals surface area contributed by atoms with Gasteiger partial charge in [0, 0.05) is 30.1 Å². The second kappa shape index (κ2) is 4.66. The van der Waals surface area contributed by atoms with Gasteiger partial charge in [0.05, 0.1) is 0 Å². The molecule has 0 aliphatic carbocycles. The van der Waals surface area contributed by atoms with Gasteiger partial charge in [-0.1, -0.05) is 20.3 Å². The predicted octanol–water partition coefficient (Wildman–Crippen LogP) is 1.37. The molecule has 0 saturated heterocycles. The van der Waals surface area contributed by atoms with Crippen LogP contribution in [-0.4, -0.2) is 8.65 Å². The Balaban J connectivity index is 3.28. The lowest BCUT2D eigenvalue weighted by Gasteiger charge is -2.11. The van der Waals surface area contributed by atoms with E-state index in [0.29, 0.717) is 12.1 Å². The van der Waals surface area contributed by atoms with Gasteiger partial charge in [-0.3, -0.25) is 9.36 Å². The third kappa shape index (κ3) is 2.50. The smallest absolute Gasteiger partial charge is 0.269 e. The highest BCUT2D eigenvalue weighted by atomic mass is 35.5. The summed E-state index contributed by atoms with van der Waals surface area (Å²) in [6, 6.07) is 0. The molecule has 0 amide bonds. The van der Waals surface area contributed by atoms with Crippen molar-refractivity contribution in [2.24, 2.45) is 5.92 Å². The summed E-state index contributed by atoms with van der Waals surface area (Å²) in [6.07, 6.45) is 2.27. The number of aromatic nitrogens is 2. The van der Waals surface area contributed by atoms with Crippen molar-refractivity contribution < 1.29 is 0 Å². The van der Waals surface area contributed by atoms with E-state index in [4.69, 9.17) is 11.8 Å². The van der Waals surface area contributed by atoms with Crippen molar-refractivity contribution in [3.63, 3.8) is 0 Å². The van der Waals surface area contributed by atoms with E-state index in [1.165, 1.54) is 10.8 Å². The Morgan fingerprint density at radius 3 is 2.60 bits per heavy atom. The first-order valence-corrected chi connectivity index (χ1v) is 5.30. The van der Waals surface area contributed by atoms with E-state index < -0.39 is 5.69 Å². The van der Waals surface area contributed by atoms with Crippen LogP contribution in [0, 0.1) is 12.8 Å². The first-order valence-electron chi connectivity index (χ1n) is 4.96. The summed E-state index contributed by atoms with van der Waals surface area (Å²) >= 11 is 5.66. The Morgan fingerprint density at radius 2 is 2.07 bits per heavy atom. The first-order chi connectivity index (χ1) is 6.97. The number of nitrogens with zero attached hydrogens (tertiary/aromatic N) is 2. The van der Waals surface area contributed by atoms with Crippen molar-refractivity contribution >= 4 is 11.8 Å². The second-order valence-electron chi connectivity index (χ2n) is 3.84. The molecule has 0 fully saturated rings. The molecule has 1 aromatic heterocycles. The number of hydrogen-bond donors (Lipinski definition) is 0. The van der Waals surface area contributed by atoms with Gasteiger partial charge in [0.25, 0.3) is 5.56 Å². The van der Waals surface area contributed by atoms with Crippen molar-refractivity contribution in [1.82, 2.24) is 8.65 Å². The maximum atomic E-state index is 11.7. The average molecular weight is 231 g/mol. The van der Waals surface area contributed by atoms with Gasteiger partial charge in [0.15, 0.2) is 0 Å². The molecule has 1 heterocycles. The van der Waals surface area contributed by atoms with Crippen LogP contribution < -0.4 is 11.2 Å². The van der Waals surface area contributed by atoms with E-state index in [-0.39, 0.29) is 11.5 Å². The molecule has 0 N–H and O–H groups in total. The SMILES string of the molecule is CCC(C)Cn1c(=O)c(C)cn(Cl)c1=O. The fourth-order valence-electron chi connectivity index (χ4n) is 1.30. The summed E-state index contributed by atoms with van der Waals surface area (Å²) in [4.78, 5) is 23.3. The molecule has 0 saturated carbocycles. The van der Waals surface area contributed by atoms with Crippen molar-refractivity contribution in [2.45, 2.75) is 33.7 Å². The van der Waals surface area contributed by atoms with Crippen LogP contribution in [0.25, 0.3) is 0 Å². The molecule has 1 unspecified atom stereocenters. The molecule has 0 aromatic carbocycles. The summed E-state index contributed by atoms with van der Waals surface area (Å²) in [7, 11) is 0. The molecular formula is C10H15ClN2O2. The molecule has 4 nitrogen and oxygen atoms in total. The quantitative estimate of drug-likeness (QED) is 0.787. The molecule has 0 spiro atoms. The van der Waals surface area contributed by atoms with Gasteiger partial charge < -0.3 is 0 Å². The molecule has 0 aliphatic heterocycles. The Morgan fingerprint density at radius 1 is 1.47 bits per heavy atom. The van der Waals surface area contributed by atoms with Crippen LogP contribution in [-0.2, 0) is 6.54 Å². The van der Waals surface area contributed by atoms with Gasteiger partial charge in [-0.2, -0.15) is 0 Å². The minimum Gasteiger partial charge on any atom is -0.269 e. The molecule has 15 heavy (non-hydrogen) atoms. The minimum atomic E-state index is -0.465. The number of hydrogen-bond acceptors (Lipinski definition) is 2. The topological polar surface area (TPSA) is 44.0 Å². The van der Waals surface area contributed by atoms with Crippen molar-refractivity contribution in [1.29, 1.82) is 0 Å². The van der Waals surface area contributed by atoms with Gasteiger partial charge in [-0.15, -0.1) is 0 Å². The Hall–Kier alpha value is -1.03. The fraction of sp³-hybridized carbons (Fsp3) is 0.600. The van der Waals surface area contributed by atoms with Crippen LogP contribution in [0.4, 0.5) is 0 Å². The number of aryl methyl sites for hydroxylation is 1. The van der Waals surface area contributed by atoms with Crippen LogP contribution >= 0.6 is 11.8 Å². The zero-order valence-corrected chi connectivity index (χ0v) is 9.91. The zero-order chi connectivity index (χ0) is 11.6. The number of halogens is 1. The molecule has 84 valence electrons. The third-order valence-electron chi connectivity index (χ3n) is 2.49. The largest absolute Gasteiger partial charge is 0.345 e. The number of rotatable bonds is 3. The summed E-state index contributed by atoms with van der Waals surface area (Å²) in [5.74, 6) is 0.286. The third-order valence-corrected chi connectivity index (χ3v) is 2.74. The van der Waals surface area contributed by atoms with Crippen molar-refractivity contribution in [2.75, 3.05) is 0 Å². The predicted molar refractivity (Wildman–Crippen MR) is 60.4 cm³/mol. The average Bonchev–Trinajstić information content (AvgIpc) is 2.21. The Bertz CT molecular complexity index is 427. The van der Waals surface area contributed by atoms with E-state index in [0.717, 1.165) is 10.5 Å². The monoisotopic (exact) mass is 230 g/mol. The molecule has 5 heteroatoms. The summed E-state index contributed by atoms with van der Waals surface area (Å²) < 4.78 is 2.12. The van der Waals surface area contributed by atoms with E-state index in [2.05, 4.69) is 0 Å². The molecule has 1 rings (SSSR count). The summed E-state index contributed by atoms with van der Waals surface area (Å²) in [5, 5.41) is 0. The molecule has 0 radical (unpaired) electrons. The van der Waals surface area contributed by atoms with Crippen molar-refractivity contribution in [3.8, 4) is 0 Å². The van der Waals surface area contributed by atoms with Crippen LogP contribution in [0.15, 0.2) is 15.8 Å². The van der Waals surface area contributed by atoms with Crippen LogP contribution in [0.3, 0.4) is 0 Å². The lowest BCUT2D eigenvalue weighted by atomic mass is 10.1. The minimum absolute atomic E-state index is 0.253. The van der Waals surface area contributed by atoms with Gasteiger partial charge in [-0.25, -0.2) is 8.88 Å². The summed E-state index contributed by atoms with van der Waals surface area (Å²) in [6.45, 7) is 6.08. The molecule has 0 bridgehead atoms. The Kier molecular flexibility index (Phi) is 3.74. The highest BCUT2D eigenvalue weighted by Gasteiger charge is 2.10. The van der Waals surface area contributed by atoms with E-state index in [9.17, 15) is 9.59 Å². The highest BCUT2D eigenvalue weighted by molar-refractivity contribution is 6.15.